The molecule has 0 fully saturated rings. The zero-order valence-electron chi connectivity index (χ0n) is 6.93. The zero-order valence-corrected chi connectivity index (χ0v) is 10.9. The summed E-state index contributed by atoms with van der Waals surface area (Å²) in [6, 6.07) is 0. The molecule has 1 nitrogen and oxygen atoms in total. The second-order valence-electron chi connectivity index (χ2n) is 2.36. The van der Waals surface area contributed by atoms with E-state index in [-0.39, 0.29) is 6.10 Å². The van der Waals surface area contributed by atoms with Gasteiger partial charge in [0, 0.05) is 25.8 Å². The monoisotopic (exact) mass is 312 g/mol. The van der Waals surface area contributed by atoms with Gasteiger partial charge in [-0.25, -0.2) is 0 Å². The van der Waals surface area contributed by atoms with Crippen LogP contribution in [-0.4, -0.2) is 6.61 Å². The van der Waals surface area contributed by atoms with E-state index in [1.165, 1.54) is 4.88 Å². The second kappa shape index (κ2) is 4.74. The molecular formula is C8H10Br2OS. The first-order valence-electron chi connectivity index (χ1n) is 3.70. The third kappa shape index (κ3) is 2.31. The maximum absolute atomic E-state index is 5.48. The highest BCUT2D eigenvalue weighted by Crippen LogP contribution is 2.37. The Balaban J connectivity index is 2.80. The summed E-state index contributed by atoms with van der Waals surface area (Å²) in [4.78, 5) is 1.24. The van der Waals surface area contributed by atoms with Gasteiger partial charge in [0.25, 0.3) is 0 Å². The Labute approximate surface area is 93.4 Å². The van der Waals surface area contributed by atoms with Crippen molar-refractivity contribution in [1.29, 1.82) is 0 Å². The van der Waals surface area contributed by atoms with Gasteiger partial charge < -0.3 is 4.74 Å². The van der Waals surface area contributed by atoms with E-state index in [1.807, 2.05) is 6.92 Å². The standard InChI is InChI=1S/C8H10Br2OS/c1-3-11-5(2)8-7(10)6(9)4-12-8/h4-5H,3H2,1-2H3/t5-/m1/s1. The summed E-state index contributed by atoms with van der Waals surface area (Å²) < 4.78 is 7.71. The lowest BCUT2D eigenvalue weighted by Gasteiger charge is -2.09. The highest BCUT2D eigenvalue weighted by Gasteiger charge is 2.13. The molecule has 0 unspecified atom stereocenters. The first-order chi connectivity index (χ1) is 5.66. The van der Waals surface area contributed by atoms with Crippen molar-refractivity contribution >= 4 is 43.2 Å². The van der Waals surface area contributed by atoms with Crippen LogP contribution >= 0.6 is 43.2 Å². The van der Waals surface area contributed by atoms with Crippen molar-refractivity contribution in [1.82, 2.24) is 0 Å². The SMILES string of the molecule is CCO[C@H](C)c1scc(Br)c1Br. The molecule has 1 aromatic rings. The number of hydrogen-bond acceptors (Lipinski definition) is 2. The van der Waals surface area contributed by atoms with Crippen molar-refractivity contribution < 1.29 is 4.74 Å². The van der Waals surface area contributed by atoms with Crippen LogP contribution in [0.3, 0.4) is 0 Å². The third-order valence-corrected chi connectivity index (χ3v) is 5.22. The fourth-order valence-corrected chi connectivity index (χ4v) is 3.25. The van der Waals surface area contributed by atoms with Crippen LogP contribution in [0.15, 0.2) is 14.3 Å². The highest BCUT2D eigenvalue weighted by atomic mass is 79.9. The van der Waals surface area contributed by atoms with Crippen molar-refractivity contribution in [2.75, 3.05) is 6.61 Å². The fourth-order valence-electron chi connectivity index (χ4n) is 0.936. The van der Waals surface area contributed by atoms with Crippen LogP contribution in [-0.2, 0) is 4.74 Å². The quantitative estimate of drug-likeness (QED) is 0.805. The van der Waals surface area contributed by atoms with E-state index in [9.17, 15) is 0 Å². The number of thiophene rings is 1. The summed E-state index contributed by atoms with van der Waals surface area (Å²) in [6.45, 7) is 4.82. The molecule has 0 aromatic carbocycles. The number of ether oxygens (including phenoxy) is 1. The maximum Gasteiger partial charge on any atom is 0.0900 e. The Morgan fingerprint density at radius 1 is 1.58 bits per heavy atom. The number of halogens is 2. The van der Waals surface area contributed by atoms with Crippen LogP contribution in [0.4, 0.5) is 0 Å². The van der Waals surface area contributed by atoms with E-state index < -0.39 is 0 Å². The first kappa shape index (κ1) is 10.7. The van der Waals surface area contributed by atoms with Gasteiger partial charge >= 0.3 is 0 Å². The van der Waals surface area contributed by atoms with Crippen LogP contribution in [0, 0.1) is 0 Å². The molecule has 0 N–H and O–H groups in total. The lowest BCUT2D eigenvalue weighted by atomic mass is 10.3. The van der Waals surface area contributed by atoms with Crippen LogP contribution in [0.5, 0.6) is 0 Å². The molecule has 1 aromatic heterocycles. The summed E-state index contributed by atoms with van der Waals surface area (Å²) in [7, 11) is 0. The van der Waals surface area contributed by atoms with Gasteiger partial charge in [0.05, 0.1) is 6.10 Å². The molecule has 0 amide bonds. The average Bonchev–Trinajstić information content (AvgIpc) is 2.34. The molecule has 0 saturated carbocycles. The summed E-state index contributed by atoms with van der Waals surface area (Å²) in [5.41, 5.74) is 0. The Bertz CT molecular complexity index is 260. The van der Waals surface area contributed by atoms with Gasteiger partial charge in [0.15, 0.2) is 0 Å². The van der Waals surface area contributed by atoms with E-state index in [1.54, 1.807) is 11.3 Å². The minimum atomic E-state index is 0.181. The topological polar surface area (TPSA) is 9.23 Å². The molecule has 0 bridgehead atoms. The molecule has 1 rings (SSSR count). The van der Waals surface area contributed by atoms with E-state index in [0.29, 0.717) is 0 Å². The van der Waals surface area contributed by atoms with E-state index >= 15 is 0 Å². The van der Waals surface area contributed by atoms with Crippen LogP contribution < -0.4 is 0 Å². The lowest BCUT2D eigenvalue weighted by molar-refractivity contribution is 0.0784. The minimum absolute atomic E-state index is 0.181. The average molecular weight is 314 g/mol. The van der Waals surface area contributed by atoms with Crippen molar-refractivity contribution in [2.24, 2.45) is 0 Å². The summed E-state index contributed by atoms with van der Waals surface area (Å²) in [5.74, 6) is 0. The van der Waals surface area contributed by atoms with E-state index in [2.05, 4.69) is 44.2 Å². The van der Waals surface area contributed by atoms with Gasteiger partial charge in [0.1, 0.15) is 0 Å². The summed E-state index contributed by atoms with van der Waals surface area (Å²) in [5, 5.41) is 2.06. The maximum atomic E-state index is 5.48. The molecule has 0 aliphatic heterocycles. The largest absolute Gasteiger partial charge is 0.373 e. The fraction of sp³-hybridized carbons (Fsp3) is 0.500. The molecule has 4 heteroatoms. The van der Waals surface area contributed by atoms with Gasteiger partial charge in [-0.3, -0.25) is 0 Å². The van der Waals surface area contributed by atoms with Crippen molar-refractivity contribution in [3.05, 3.63) is 19.2 Å². The molecule has 0 radical (unpaired) electrons. The Morgan fingerprint density at radius 3 is 2.67 bits per heavy atom. The van der Waals surface area contributed by atoms with E-state index in [4.69, 9.17) is 4.74 Å². The van der Waals surface area contributed by atoms with Crippen molar-refractivity contribution in [3.8, 4) is 0 Å². The van der Waals surface area contributed by atoms with E-state index in [0.717, 1.165) is 15.6 Å². The predicted molar refractivity (Wildman–Crippen MR) is 59.8 cm³/mol. The third-order valence-electron chi connectivity index (χ3n) is 1.50. The number of hydrogen-bond donors (Lipinski definition) is 0. The van der Waals surface area contributed by atoms with Gasteiger partial charge in [-0.05, 0) is 45.7 Å². The van der Waals surface area contributed by atoms with Gasteiger partial charge in [-0.1, -0.05) is 0 Å². The van der Waals surface area contributed by atoms with Gasteiger partial charge in [-0.2, -0.15) is 0 Å². The Morgan fingerprint density at radius 2 is 2.25 bits per heavy atom. The lowest BCUT2D eigenvalue weighted by Crippen LogP contribution is -1.97. The Hall–Kier alpha value is 0.620. The zero-order chi connectivity index (χ0) is 9.14. The molecule has 12 heavy (non-hydrogen) atoms. The first-order valence-corrected chi connectivity index (χ1v) is 6.17. The smallest absolute Gasteiger partial charge is 0.0900 e. The molecule has 0 aliphatic rings. The second-order valence-corrected chi connectivity index (χ2v) is 4.92. The highest BCUT2D eigenvalue weighted by molar-refractivity contribution is 9.13. The molecular weight excluding hydrogens is 304 g/mol. The van der Waals surface area contributed by atoms with Gasteiger partial charge in [0.2, 0.25) is 0 Å². The molecule has 0 aliphatic carbocycles. The minimum Gasteiger partial charge on any atom is -0.373 e. The van der Waals surface area contributed by atoms with Crippen LogP contribution in [0.25, 0.3) is 0 Å². The van der Waals surface area contributed by atoms with Crippen LogP contribution in [0.2, 0.25) is 0 Å². The normalized spacial score (nSPS) is 13.3. The molecule has 1 heterocycles. The van der Waals surface area contributed by atoms with Crippen molar-refractivity contribution in [3.63, 3.8) is 0 Å². The van der Waals surface area contributed by atoms with Crippen molar-refractivity contribution in [2.45, 2.75) is 20.0 Å². The summed E-state index contributed by atoms with van der Waals surface area (Å²) >= 11 is 8.65. The molecule has 0 saturated heterocycles. The Kier molecular flexibility index (Phi) is 4.23. The molecule has 0 spiro atoms. The summed E-state index contributed by atoms with van der Waals surface area (Å²) in [6.07, 6.45) is 0.181. The van der Waals surface area contributed by atoms with Crippen LogP contribution in [0.1, 0.15) is 24.8 Å². The predicted octanol–water partition coefficient (Wildman–Crippen LogP) is 4.37. The van der Waals surface area contributed by atoms with Gasteiger partial charge in [-0.15, -0.1) is 11.3 Å². The molecule has 68 valence electrons. The number of rotatable bonds is 3. The molecule has 1 atom stereocenters.